The van der Waals surface area contributed by atoms with E-state index in [-0.39, 0.29) is 0 Å². The number of thioether (sulfide) groups is 1. The Morgan fingerprint density at radius 2 is 1.94 bits per heavy atom. The second-order valence-corrected chi connectivity index (χ2v) is 6.44. The Morgan fingerprint density at radius 1 is 1.19 bits per heavy atom. The summed E-state index contributed by atoms with van der Waals surface area (Å²) in [7, 11) is 0. The molecule has 0 aromatic carbocycles. The molecular weight excluding hydrogens is 214 g/mol. The predicted molar refractivity (Wildman–Crippen MR) is 76.2 cm³/mol. The molecule has 0 aliphatic heterocycles. The lowest BCUT2D eigenvalue weighted by Gasteiger charge is -2.35. The normalized spacial score (nSPS) is 26.2. The van der Waals surface area contributed by atoms with Gasteiger partial charge >= 0.3 is 0 Å². The lowest BCUT2D eigenvalue weighted by molar-refractivity contribution is 0.206. The lowest BCUT2D eigenvalue weighted by atomic mass is 9.78. The van der Waals surface area contributed by atoms with Crippen molar-refractivity contribution >= 4 is 11.8 Å². The number of unbranched alkanes of at least 4 members (excludes halogenated alkanes) is 1. The largest absolute Gasteiger partial charge is 0.314 e. The summed E-state index contributed by atoms with van der Waals surface area (Å²) >= 11 is 1.97. The van der Waals surface area contributed by atoms with Gasteiger partial charge in [0.25, 0.3) is 0 Å². The molecule has 0 saturated heterocycles. The maximum Gasteiger partial charge on any atom is 0.00977 e. The minimum Gasteiger partial charge on any atom is -0.314 e. The van der Waals surface area contributed by atoms with E-state index in [0.29, 0.717) is 0 Å². The van der Waals surface area contributed by atoms with Crippen LogP contribution in [0.25, 0.3) is 0 Å². The summed E-state index contributed by atoms with van der Waals surface area (Å²) in [6.07, 6.45) is 10.7. The first-order valence-corrected chi connectivity index (χ1v) is 8.37. The Labute approximate surface area is 106 Å². The molecule has 0 radical (unpaired) electrons. The van der Waals surface area contributed by atoms with Crippen molar-refractivity contribution in [2.45, 2.75) is 58.4 Å². The van der Waals surface area contributed by atoms with Crippen LogP contribution < -0.4 is 5.32 Å². The van der Waals surface area contributed by atoms with Crippen molar-refractivity contribution in [2.24, 2.45) is 11.8 Å². The maximum atomic E-state index is 3.80. The van der Waals surface area contributed by atoms with E-state index >= 15 is 0 Å². The fourth-order valence-corrected chi connectivity index (χ4v) is 3.36. The Morgan fingerprint density at radius 3 is 2.62 bits per heavy atom. The van der Waals surface area contributed by atoms with Crippen LogP contribution in [0, 0.1) is 11.8 Å². The zero-order valence-electron chi connectivity index (χ0n) is 11.3. The topological polar surface area (TPSA) is 12.0 Å². The van der Waals surface area contributed by atoms with Gasteiger partial charge in [0.2, 0.25) is 0 Å². The molecule has 0 bridgehead atoms. The molecule has 1 saturated carbocycles. The molecule has 1 aliphatic carbocycles. The van der Waals surface area contributed by atoms with Crippen LogP contribution >= 0.6 is 11.8 Å². The van der Waals surface area contributed by atoms with Crippen LogP contribution in [0.4, 0.5) is 0 Å². The van der Waals surface area contributed by atoms with Gasteiger partial charge in [-0.3, -0.25) is 0 Å². The summed E-state index contributed by atoms with van der Waals surface area (Å²) in [5.74, 6) is 3.10. The molecule has 1 N–H and O–H groups in total. The molecule has 0 amide bonds. The third kappa shape index (κ3) is 5.09. The number of hydrogen-bond acceptors (Lipinski definition) is 2. The van der Waals surface area contributed by atoms with Gasteiger partial charge in [-0.1, -0.05) is 26.7 Å². The van der Waals surface area contributed by atoms with Crippen LogP contribution in [0.5, 0.6) is 0 Å². The molecule has 1 aliphatic rings. The predicted octanol–water partition coefficient (Wildman–Crippen LogP) is 3.93. The van der Waals surface area contributed by atoms with Crippen LogP contribution in [0.15, 0.2) is 0 Å². The monoisotopic (exact) mass is 243 g/mol. The van der Waals surface area contributed by atoms with Gasteiger partial charge in [-0.05, 0) is 56.1 Å². The SMILES string of the molecule is CSCCCCNC1CCCCC1C(C)C. The number of nitrogens with one attached hydrogen (secondary N) is 1. The summed E-state index contributed by atoms with van der Waals surface area (Å²) in [6.45, 7) is 6.01. The van der Waals surface area contributed by atoms with E-state index < -0.39 is 0 Å². The molecular formula is C14H29NS. The first kappa shape index (κ1) is 14.4. The van der Waals surface area contributed by atoms with E-state index in [1.54, 1.807) is 0 Å². The lowest BCUT2D eigenvalue weighted by Crippen LogP contribution is -2.41. The highest BCUT2D eigenvalue weighted by Crippen LogP contribution is 2.30. The van der Waals surface area contributed by atoms with Gasteiger partial charge in [-0.2, -0.15) is 11.8 Å². The van der Waals surface area contributed by atoms with Crippen molar-refractivity contribution in [1.82, 2.24) is 5.32 Å². The first-order valence-electron chi connectivity index (χ1n) is 6.98. The molecule has 0 spiro atoms. The molecule has 1 rings (SSSR count). The van der Waals surface area contributed by atoms with Crippen molar-refractivity contribution in [3.63, 3.8) is 0 Å². The van der Waals surface area contributed by atoms with Crippen LogP contribution in [-0.2, 0) is 0 Å². The summed E-state index contributed by atoms with van der Waals surface area (Å²) in [5, 5.41) is 3.80. The van der Waals surface area contributed by atoms with E-state index in [1.807, 2.05) is 11.8 Å². The molecule has 2 unspecified atom stereocenters. The summed E-state index contributed by atoms with van der Waals surface area (Å²) in [5.41, 5.74) is 0. The Kier molecular flexibility index (Phi) is 7.55. The molecule has 1 nitrogen and oxygen atoms in total. The molecule has 16 heavy (non-hydrogen) atoms. The zero-order valence-corrected chi connectivity index (χ0v) is 12.1. The quantitative estimate of drug-likeness (QED) is 0.680. The molecule has 96 valence electrons. The van der Waals surface area contributed by atoms with Crippen molar-refractivity contribution in [3.8, 4) is 0 Å². The summed E-state index contributed by atoms with van der Waals surface area (Å²) in [6, 6.07) is 0.808. The van der Waals surface area contributed by atoms with Gasteiger partial charge in [0, 0.05) is 6.04 Å². The average Bonchev–Trinajstić information content (AvgIpc) is 2.29. The van der Waals surface area contributed by atoms with Crippen LogP contribution in [0.3, 0.4) is 0 Å². The third-order valence-electron chi connectivity index (χ3n) is 3.86. The highest BCUT2D eigenvalue weighted by molar-refractivity contribution is 7.98. The number of rotatable bonds is 7. The van der Waals surface area contributed by atoms with E-state index in [2.05, 4.69) is 25.4 Å². The first-order chi connectivity index (χ1) is 7.75. The van der Waals surface area contributed by atoms with Gasteiger partial charge < -0.3 is 5.32 Å². The number of hydrogen-bond donors (Lipinski definition) is 1. The van der Waals surface area contributed by atoms with Gasteiger partial charge in [0.15, 0.2) is 0 Å². The van der Waals surface area contributed by atoms with Crippen molar-refractivity contribution in [3.05, 3.63) is 0 Å². The molecule has 2 heteroatoms. The Hall–Kier alpha value is 0.310. The summed E-state index contributed by atoms with van der Waals surface area (Å²) in [4.78, 5) is 0. The van der Waals surface area contributed by atoms with Crippen LogP contribution in [0.1, 0.15) is 52.4 Å². The Balaban J connectivity index is 2.17. The van der Waals surface area contributed by atoms with E-state index in [9.17, 15) is 0 Å². The van der Waals surface area contributed by atoms with Crippen molar-refractivity contribution in [2.75, 3.05) is 18.6 Å². The minimum absolute atomic E-state index is 0.808. The van der Waals surface area contributed by atoms with Crippen molar-refractivity contribution < 1.29 is 0 Å². The fraction of sp³-hybridized carbons (Fsp3) is 1.00. The molecule has 1 fully saturated rings. The van der Waals surface area contributed by atoms with E-state index in [4.69, 9.17) is 0 Å². The molecule has 0 aromatic rings. The van der Waals surface area contributed by atoms with Crippen LogP contribution in [0.2, 0.25) is 0 Å². The van der Waals surface area contributed by atoms with E-state index in [0.717, 1.165) is 17.9 Å². The standard InChI is InChI=1S/C14H29NS/c1-12(2)13-8-4-5-9-14(13)15-10-6-7-11-16-3/h12-15H,4-11H2,1-3H3. The Bertz CT molecular complexity index is 170. The second kappa shape index (κ2) is 8.41. The van der Waals surface area contributed by atoms with Crippen molar-refractivity contribution in [1.29, 1.82) is 0 Å². The minimum atomic E-state index is 0.808. The summed E-state index contributed by atoms with van der Waals surface area (Å²) < 4.78 is 0. The average molecular weight is 243 g/mol. The van der Waals surface area contributed by atoms with Gasteiger partial charge in [0.05, 0.1) is 0 Å². The fourth-order valence-electron chi connectivity index (χ4n) is 2.87. The molecule has 0 heterocycles. The molecule has 0 aromatic heterocycles. The smallest absolute Gasteiger partial charge is 0.00977 e. The molecule has 2 atom stereocenters. The highest BCUT2D eigenvalue weighted by atomic mass is 32.2. The zero-order chi connectivity index (χ0) is 11.8. The highest BCUT2D eigenvalue weighted by Gasteiger charge is 2.26. The van der Waals surface area contributed by atoms with Gasteiger partial charge in [-0.25, -0.2) is 0 Å². The maximum absolute atomic E-state index is 3.80. The third-order valence-corrected chi connectivity index (χ3v) is 4.55. The van der Waals surface area contributed by atoms with Crippen LogP contribution in [-0.4, -0.2) is 24.6 Å². The van der Waals surface area contributed by atoms with E-state index in [1.165, 1.54) is 50.8 Å². The van der Waals surface area contributed by atoms with Gasteiger partial charge in [-0.15, -0.1) is 0 Å². The second-order valence-electron chi connectivity index (χ2n) is 5.45. The van der Waals surface area contributed by atoms with Gasteiger partial charge in [0.1, 0.15) is 0 Å².